The molecule has 3 nitrogen and oxygen atoms in total. The van der Waals surface area contributed by atoms with Crippen LogP contribution in [0.5, 0.6) is 5.88 Å². The summed E-state index contributed by atoms with van der Waals surface area (Å²) >= 11 is 0. The van der Waals surface area contributed by atoms with Gasteiger partial charge in [0.05, 0.1) is 0 Å². The maximum Gasteiger partial charge on any atom is 0.218 e. The Balaban J connectivity index is 2.07. The van der Waals surface area contributed by atoms with Crippen LogP contribution >= 0.6 is 0 Å². The molecule has 1 aliphatic rings. The number of nitrogens with zero attached hydrogens (tertiary/aromatic N) is 1. The number of pyridine rings is 1. The van der Waals surface area contributed by atoms with E-state index in [2.05, 4.69) is 11.9 Å². The van der Waals surface area contributed by atoms with Crippen LogP contribution in [0.15, 0.2) is 18.3 Å². The Kier molecular flexibility index (Phi) is 4.00. The van der Waals surface area contributed by atoms with Crippen molar-refractivity contribution >= 4 is 0 Å². The predicted molar refractivity (Wildman–Crippen MR) is 68.9 cm³/mol. The molecule has 0 radical (unpaired) electrons. The van der Waals surface area contributed by atoms with Gasteiger partial charge in [-0.2, -0.15) is 0 Å². The van der Waals surface area contributed by atoms with Crippen LogP contribution in [0.25, 0.3) is 0 Å². The van der Waals surface area contributed by atoms with Gasteiger partial charge in [0.15, 0.2) is 0 Å². The van der Waals surface area contributed by atoms with E-state index in [0.717, 1.165) is 30.2 Å². The molecular formula is C14H22N2O. The molecule has 0 bridgehead atoms. The number of hydrogen-bond acceptors (Lipinski definition) is 3. The first-order chi connectivity index (χ1) is 8.16. The highest BCUT2D eigenvalue weighted by atomic mass is 16.5. The summed E-state index contributed by atoms with van der Waals surface area (Å²) in [6, 6.07) is 3.88. The quantitative estimate of drug-likeness (QED) is 0.874. The molecule has 0 aromatic carbocycles. The molecule has 1 saturated carbocycles. The fourth-order valence-corrected chi connectivity index (χ4v) is 2.49. The molecule has 2 rings (SSSR count). The molecular weight excluding hydrogens is 212 g/mol. The molecule has 1 heterocycles. The van der Waals surface area contributed by atoms with Crippen molar-refractivity contribution in [3.63, 3.8) is 0 Å². The number of ether oxygens (including phenoxy) is 1. The Hall–Kier alpha value is -1.09. The average molecular weight is 234 g/mol. The third-order valence-electron chi connectivity index (χ3n) is 3.46. The maximum absolute atomic E-state index is 6.03. The number of rotatable bonds is 3. The van der Waals surface area contributed by atoms with E-state index in [9.17, 15) is 0 Å². The van der Waals surface area contributed by atoms with Gasteiger partial charge in [0.1, 0.15) is 6.10 Å². The lowest BCUT2D eigenvalue weighted by Crippen LogP contribution is -2.25. The maximum atomic E-state index is 6.03. The van der Waals surface area contributed by atoms with E-state index in [1.807, 2.05) is 19.1 Å². The van der Waals surface area contributed by atoms with Crippen molar-refractivity contribution in [1.29, 1.82) is 0 Å². The minimum Gasteiger partial charge on any atom is -0.474 e. The number of hydrogen-bond donors (Lipinski definition) is 1. The monoisotopic (exact) mass is 234 g/mol. The average Bonchev–Trinajstić information content (AvgIpc) is 2.29. The van der Waals surface area contributed by atoms with Gasteiger partial charge >= 0.3 is 0 Å². The van der Waals surface area contributed by atoms with E-state index in [0.29, 0.717) is 6.10 Å². The van der Waals surface area contributed by atoms with Crippen molar-refractivity contribution in [2.45, 2.75) is 51.7 Å². The van der Waals surface area contributed by atoms with Crippen molar-refractivity contribution in [1.82, 2.24) is 4.98 Å². The lowest BCUT2D eigenvalue weighted by Gasteiger charge is -2.27. The lowest BCUT2D eigenvalue weighted by molar-refractivity contribution is 0.122. The summed E-state index contributed by atoms with van der Waals surface area (Å²) in [4.78, 5) is 4.32. The first-order valence-corrected chi connectivity index (χ1v) is 6.54. The van der Waals surface area contributed by atoms with Gasteiger partial charge in [-0.25, -0.2) is 4.98 Å². The summed E-state index contributed by atoms with van der Waals surface area (Å²) in [6.45, 7) is 4.26. The highest BCUT2D eigenvalue weighted by Gasteiger charge is 2.22. The van der Waals surface area contributed by atoms with Crippen LogP contribution in [-0.2, 0) is 0 Å². The van der Waals surface area contributed by atoms with Crippen molar-refractivity contribution in [2.75, 3.05) is 0 Å². The zero-order valence-corrected chi connectivity index (χ0v) is 10.7. The SMILES string of the molecule is CC1CCCC(Oc2ncccc2C(C)N)C1. The fraction of sp³-hybridized carbons (Fsp3) is 0.643. The van der Waals surface area contributed by atoms with Gasteiger partial charge in [-0.05, 0) is 38.2 Å². The number of aromatic nitrogens is 1. The molecule has 1 aromatic rings. The van der Waals surface area contributed by atoms with Crippen molar-refractivity contribution in [2.24, 2.45) is 11.7 Å². The van der Waals surface area contributed by atoms with E-state index in [1.54, 1.807) is 6.20 Å². The zero-order valence-electron chi connectivity index (χ0n) is 10.7. The fourth-order valence-electron chi connectivity index (χ4n) is 2.49. The van der Waals surface area contributed by atoms with Gasteiger partial charge in [-0.3, -0.25) is 0 Å². The largest absolute Gasteiger partial charge is 0.474 e. The summed E-state index contributed by atoms with van der Waals surface area (Å²) < 4.78 is 6.03. The molecule has 3 heteroatoms. The van der Waals surface area contributed by atoms with Crippen molar-refractivity contribution in [3.05, 3.63) is 23.9 Å². The van der Waals surface area contributed by atoms with Crippen LogP contribution in [0.3, 0.4) is 0 Å². The molecule has 94 valence electrons. The van der Waals surface area contributed by atoms with Crippen LogP contribution in [0.1, 0.15) is 51.1 Å². The molecule has 1 aromatic heterocycles. The van der Waals surface area contributed by atoms with Crippen molar-refractivity contribution < 1.29 is 4.74 Å². The van der Waals surface area contributed by atoms with Gasteiger partial charge in [0.2, 0.25) is 5.88 Å². The molecule has 17 heavy (non-hydrogen) atoms. The molecule has 0 saturated heterocycles. The zero-order chi connectivity index (χ0) is 12.3. The minimum absolute atomic E-state index is 0.0280. The summed E-state index contributed by atoms with van der Waals surface area (Å²) in [5, 5.41) is 0. The smallest absolute Gasteiger partial charge is 0.218 e. The van der Waals surface area contributed by atoms with E-state index in [-0.39, 0.29) is 6.04 Å². The second-order valence-corrected chi connectivity index (χ2v) is 5.20. The van der Waals surface area contributed by atoms with Crippen molar-refractivity contribution in [3.8, 4) is 5.88 Å². The molecule has 0 aliphatic heterocycles. The lowest BCUT2D eigenvalue weighted by atomic mass is 9.89. The molecule has 0 spiro atoms. The Morgan fingerprint density at radius 3 is 3.00 bits per heavy atom. The normalized spacial score (nSPS) is 26.5. The summed E-state index contributed by atoms with van der Waals surface area (Å²) in [7, 11) is 0. The second-order valence-electron chi connectivity index (χ2n) is 5.20. The molecule has 3 atom stereocenters. The molecule has 0 amide bonds. The van der Waals surface area contributed by atoms with Crippen LogP contribution in [-0.4, -0.2) is 11.1 Å². The van der Waals surface area contributed by atoms with E-state index < -0.39 is 0 Å². The Morgan fingerprint density at radius 1 is 1.47 bits per heavy atom. The van der Waals surface area contributed by atoms with Gasteiger partial charge in [-0.1, -0.05) is 19.4 Å². The summed E-state index contributed by atoms with van der Waals surface area (Å²) in [5.41, 5.74) is 6.93. The molecule has 2 N–H and O–H groups in total. The minimum atomic E-state index is -0.0280. The molecule has 3 unspecified atom stereocenters. The van der Waals surface area contributed by atoms with Gasteiger partial charge in [-0.15, -0.1) is 0 Å². The van der Waals surface area contributed by atoms with E-state index >= 15 is 0 Å². The topological polar surface area (TPSA) is 48.1 Å². The third kappa shape index (κ3) is 3.19. The van der Waals surface area contributed by atoms with Gasteiger partial charge in [0, 0.05) is 17.8 Å². The molecule has 1 aliphatic carbocycles. The number of nitrogens with two attached hydrogens (primary N) is 1. The molecule has 1 fully saturated rings. The van der Waals surface area contributed by atoms with E-state index in [1.165, 1.54) is 12.8 Å². The summed E-state index contributed by atoms with van der Waals surface area (Å²) in [5.74, 6) is 1.48. The second kappa shape index (κ2) is 5.50. The van der Waals surface area contributed by atoms with Crippen LogP contribution < -0.4 is 10.5 Å². The standard InChI is InChI=1S/C14H22N2O/c1-10-5-3-6-12(9-10)17-14-13(11(2)15)7-4-8-16-14/h4,7-8,10-12H,3,5-6,9,15H2,1-2H3. The van der Waals surface area contributed by atoms with Gasteiger partial charge < -0.3 is 10.5 Å². The first-order valence-electron chi connectivity index (χ1n) is 6.54. The summed E-state index contributed by atoms with van der Waals surface area (Å²) in [6.07, 6.45) is 6.93. The van der Waals surface area contributed by atoms with Crippen LogP contribution in [0.2, 0.25) is 0 Å². The first kappa shape index (κ1) is 12.4. The third-order valence-corrected chi connectivity index (χ3v) is 3.46. The van der Waals surface area contributed by atoms with Crippen LogP contribution in [0, 0.1) is 5.92 Å². The van der Waals surface area contributed by atoms with E-state index in [4.69, 9.17) is 10.5 Å². The Labute approximate surface area is 103 Å². The predicted octanol–water partition coefficient (Wildman–Crippen LogP) is 3.06. The Morgan fingerprint density at radius 2 is 2.29 bits per heavy atom. The Bertz CT molecular complexity index is 365. The van der Waals surface area contributed by atoms with Gasteiger partial charge in [0.25, 0.3) is 0 Å². The van der Waals surface area contributed by atoms with Crippen LogP contribution in [0.4, 0.5) is 0 Å². The highest BCUT2D eigenvalue weighted by Crippen LogP contribution is 2.29. The highest BCUT2D eigenvalue weighted by molar-refractivity contribution is 5.28.